The summed E-state index contributed by atoms with van der Waals surface area (Å²) in [5.74, 6) is 0.186. The van der Waals surface area contributed by atoms with Gasteiger partial charge in [0.1, 0.15) is 0 Å². The summed E-state index contributed by atoms with van der Waals surface area (Å²) in [7, 11) is 1.84. The lowest BCUT2D eigenvalue weighted by atomic mass is 9.93. The Labute approximate surface area is 155 Å². The largest absolute Gasteiger partial charge is 0.399 e. The van der Waals surface area contributed by atoms with Crippen molar-refractivity contribution in [3.8, 4) is 0 Å². The van der Waals surface area contributed by atoms with E-state index in [1.165, 1.54) is 0 Å². The van der Waals surface area contributed by atoms with Crippen molar-refractivity contribution in [1.29, 1.82) is 0 Å². The Bertz CT molecular complexity index is 701. The quantitative estimate of drug-likeness (QED) is 0.780. The lowest BCUT2D eigenvalue weighted by molar-refractivity contribution is 0.0726. The molecule has 0 saturated heterocycles. The minimum Gasteiger partial charge on any atom is -0.399 e. The first kappa shape index (κ1) is 20.3. The Balaban J connectivity index is 0.00000288. The maximum Gasteiger partial charge on any atom is 0.254 e. The number of carbonyl (C=O) groups is 1. The smallest absolute Gasteiger partial charge is 0.254 e. The zero-order valence-corrected chi connectivity index (χ0v) is 16.0. The molecule has 2 N–H and O–H groups in total. The van der Waals surface area contributed by atoms with Crippen molar-refractivity contribution in [2.75, 3.05) is 12.8 Å². The lowest BCUT2D eigenvalue weighted by Gasteiger charge is -2.31. The molecular weight excluding hydrogens is 343 g/mol. The first-order valence-electron chi connectivity index (χ1n) is 7.70. The van der Waals surface area contributed by atoms with Crippen molar-refractivity contribution in [1.82, 2.24) is 4.90 Å². The van der Waals surface area contributed by atoms with Crippen molar-refractivity contribution >= 4 is 35.6 Å². The molecule has 2 unspecified atom stereocenters. The fourth-order valence-corrected chi connectivity index (χ4v) is 2.75. The molecular formula is C19H24Cl2N2O. The molecule has 1 amide bonds. The zero-order valence-electron chi connectivity index (χ0n) is 14.4. The van der Waals surface area contributed by atoms with Gasteiger partial charge in [0.25, 0.3) is 5.91 Å². The van der Waals surface area contributed by atoms with Crippen LogP contribution in [0.4, 0.5) is 5.69 Å². The molecule has 130 valence electrons. The third-order valence-electron chi connectivity index (χ3n) is 4.54. The van der Waals surface area contributed by atoms with Gasteiger partial charge in [-0.2, -0.15) is 0 Å². The third-order valence-corrected chi connectivity index (χ3v) is 4.79. The van der Waals surface area contributed by atoms with Crippen molar-refractivity contribution in [2.45, 2.75) is 32.7 Å². The number of hydrogen-bond acceptors (Lipinski definition) is 2. The van der Waals surface area contributed by atoms with Crippen LogP contribution in [0, 0.1) is 6.92 Å². The molecule has 0 aromatic heterocycles. The van der Waals surface area contributed by atoms with Crippen LogP contribution in [0.2, 0.25) is 5.02 Å². The van der Waals surface area contributed by atoms with Gasteiger partial charge in [-0.25, -0.2) is 0 Å². The van der Waals surface area contributed by atoms with Gasteiger partial charge in [0.15, 0.2) is 0 Å². The number of benzene rings is 2. The van der Waals surface area contributed by atoms with E-state index in [-0.39, 0.29) is 30.3 Å². The number of nitrogens with zero attached hydrogens (tertiary/aromatic N) is 1. The van der Waals surface area contributed by atoms with Crippen LogP contribution in [0.5, 0.6) is 0 Å². The van der Waals surface area contributed by atoms with Crippen LogP contribution in [0.1, 0.15) is 41.3 Å². The van der Waals surface area contributed by atoms with E-state index in [1.54, 1.807) is 11.0 Å². The number of carbonyl (C=O) groups excluding carboxylic acids is 1. The predicted molar refractivity (Wildman–Crippen MR) is 104 cm³/mol. The molecule has 0 bridgehead atoms. The SMILES string of the molecule is Cc1ccc(N)cc1C(=O)N(C)C(C)C(C)c1ccc(Cl)cc1.Cl. The fraction of sp³-hybridized carbons (Fsp3) is 0.316. The van der Waals surface area contributed by atoms with Gasteiger partial charge in [0.2, 0.25) is 0 Å². The Morgan fingerprint density at radius 2 is 1.71 bits per heavy atom. The minimum absolute atomic E-state index is 0. The van der Waals surface area contributed by atoms with Gasteiger partial charge in [-0.05, 0) is 49.2 Å². The summed E-state index contributed by atoms with van der Waals surface area (Å²) in [5, 5.41) is 0.716. The molecule has 2 atom stereocenters. The highest BCUT2D eigenvalue weighted by Crippen LogP contribution is 2.25. The molecule has 0 aliphatic heterocycles. The molecule has 3 nitrogen and oxygen atoms in total. The molecule has 0 saturated carbocycles. The van der Waals surface area contributed by atoms with Crippen molar-refractivity contribution in [2.24, 2.45) is 0 Å². The Morgan fingerprint density at radius 1 is 1.12 bits per heavy atom. The van der Waals surface area contributed by atoms with Gasteiger partial charge < -0.3 is 10.6 Å². The summed E-state index contributed by atoms with van der Waals surface area (Å²) in [4.78, 5) is 14.6. The number of anilines is 1. The number of halogens is 2. The van der Waals surface area contributed by atoms with Crippen LogP contribution >= 0.6 is 24.0 Å². The molecule has 2 rings (SSSR count). The predicted octanol–water partition coefficient (Wildman–Crippen LogP) is 4.92. The molecule has 0 aliphatic rings. The highest BCUT2D eigenvalue weighted by molar-refractivity contribution is 6.30. The minimum atomic E-state index is -0.0110. The van der Waals surface area contributed by atoms with Gasteiger partial charge in [0.05, 0.1) is 0 Å². The van der Waals surface area contributed by atoms with E-state index in [4.69, 9.17) is 17.3 Å². The first-order chi connectivity index (χ1) is 10.8. The van der Waals surface area contributed by atoms with E-state index in [2.05, 4.69) is 13.8 Å². The van der Waals surface area contributed by atoms with E-state index in [0.717, 1.165) is 11.1 Å². The molecule has 5 heteroatoms. The standard InChI is InChI=1S/C19H23ClN2O.ClH/c1-12-5-10-17(21)11-18(12)19(23)22(4)14(3)13(2)15-6-8-16(20)9-7-15;/h5-11,13-14H,21H2,1-4H3;1H. The van der Waals surface area contributed by atoms with Crippen molar-refractivity contribution in [3.63, 3.8) is 0 Å². The van der Waals surface area contributed by atoms with Crippen molar-refractivity contribution in [3.05, 3.63) is 64.2 Å². The molecule has 0 fully saturated rings. The number of likely N-dealkylation sites (N-methyl/N-ethyl adjacent to an activating group) is 1. The molecule has 0 radical (unpaired) electrons. The second-order valence-electron chi connectivity index (χ2n) is 6.07. The van der Waals surface area contributed by atoms with Crippen molar-refractivity contribution < 1.29 is 4.79 Å². The maximum absolute atomic E-state index is 12.8. The zero-order chi connectivity index (χ0) is 17.1. The number of aryl methyl sites for hydroxylation is 1. The van der Waals surface area contributed by atoms with E-state index in [9.17, 15) is 4.79 Å². The van der Waals surface area contributed by atoms with Gasteiger partial charge in [-0.1, -0.05) is 36.7 Å². The number of hydrogen-bond donors (Lipinski definition) is 1. The molecule has 0 aliphatic carbocycles. The van der Waals surface area contributed by atoms with E-state index >= 15 is 0 Å². The third kappa shape index (κ3) is 4.43. The highest BCUT2D eigenvalue weighted by atomic mass is 35.5. The topological polar surface area (TPSA) is 46.3 Å². The summed E-state index contributed by atoms with van der Waals surface area (Å²) in [6.07, 6.45) is 0. The van der Waals surface area contributed by atoms with Gasteiger partial charge in [-0.15, -0.1) is 12.4 Å². The summed E-state index contributed by atoms with van der Waals surface area (Å²) in [6, 6.07) is 13.3. The number of amides is 1. The summed E-state index contributed by atoms with van der Waals surface area (Å²) in [6.45, 7) is 6.09. The summed E-state index contributed by atoms with van der Waals surface area (Å²) in [5.41, 5.74) is 9.17. The molecule has 2 aromatic rings. The summed E-state index contributed by atoms with van der Waals surface area (Å²) >= 11 is 5.94. The summed E-state index contributed by atoms with van der Waals surface area (Å²) < 4.78 is 0. The van der Waals surface area contributed by atoms with E-state index < -0.39 is 0 Å². The Morgan fingerprint density at radius 3 is 2.29 bits per heavy atom. The maximum atomic E-state index is 12.8. The Hall–Kier alpha value is -1.71. The van der Waals surface area contributed by atoms with Crippen LogP contribution in [0.3, 0.4) is 0 Å². The number of nitrogens with two attached hydrogens (primary N) is 1. The second-order valence-corrected chi connectivity index (χ2v) is 6.51. The monoisotopic (exact) mass is 366 g/mol. The van der Waals surface area contributed by atoms with Crippen LogP contribution < -0.4 is 5.73 Å². The normalized spacial score (nSPS) is 12.9. The van der Waals surface area contributed by atoms with Crippen LogP contribution in [-0.4, -0.2) is 23.9 Å². The van der Waals surface area contributed by atoms with Gasteiger partial charge in [0, 0.05) is 35.3 Å². The molecule has 24 heavy (non-hydrogen) atoms. The first-order valence-corrected chi connectivity index (χ1v) is 8.07. The fourth-order valence-electron chi connectivity index (χ4n) is 2.63. The average Bonchev–Trinajstić information content (AvgIpc) is 2.55. The lowest BCUT2D eigenvalue weighted by Crippen LogP contribution is -2.38. The number of nitrogen functional groups attached to an aromatic ring is 1. The highest BCUT2D eigenvalue weighted by Gasteiger charge is 2.24. The molecule has 2 aromatic carbocycles. The van der Waals surface area contributed by atoms with Gasteiger partial charge >= 0.3 is 0 Å². The van der Waals surface area contributed by atoms with E-state index in [1.807, 2.05) is 50.4 Å². The van der Waals surface area contributed by atoms with E-state index in [0.29, 0.717) is 16.3 Å². The Kier molecular flexibility index (Phi) is 7.12. The van der Waals surface area contributed by atoms with Crippen LogP contribution in [0.15, 0.2) is 42.5 Å². The van der Waals surface area contributed by atoms with Crippen LogP contribution in [0.25, 0.3) is 0 Å². The van der Waals surface area contributed by atoms with Crippen LogP contribution in [-0.2, 0) is 0 Å². The molecule has 0 heterocycles. The van der Waals surface area contributed by atoms with Gasteiger partial charge in [-0.3, -0.25) is 4.79 Å². The average molecular weight is 367 g/mol. The molecule has 0 spiro atoms. The number of rotatable bonds is 4. The second kappa shape index (κ2) is 8.41.